The van der Waals surface area contributed by atoms with E-state index in [1.54, 1.807) is 19.1 Å². The van der Waals surface area contributed by atoms with Crippen LogP contribution in [0.4, 0.5) is 5.69 Å². The maximum absolute atomic E-state index is 11.9. The zero-order chi connectivity index (χ0) is 15.8. The van der Waals surface area contributed by atoms with E-state index < -0.39 is 12.1 Å². The van der Waals surface area contributed by atoms with Crippen molar-refractivity contribution in [1.29, 1.82) is 0 Å². The van der Waals surface area contributed by atoms with Crippen LogP contribution in [0.25, 0.3) is 0 Å². The summed E-state index contributed by atoms with van der Waals surface area (Å²) in [6.45, 7) is 1.56. The van der Waals surface area contributed by atoms with Crippen molar-refractivity contribution < 1.29 is 14.3 Å². The lowest BCUT2D eigenvalue weighted by Gasteiger charge is -2.13. The van der Waals surface area contributed by atoms with E-state index in [2.05, 4.69) is 5.32 Å². The third-order valence-corrected chi connectivity index (χ3v) is 3.80. The van der Waals surface area contributed by atoms with Gasteiger partial charge in [0.2, 0.25) is 0 Å². The van der Waals surface area contributed by atoms with Gasteiger partial charge in [-0.2, -0.15) is 0 Å². The van der Waals surface area contributed by atoms with Gasteiger partial charge in [0, 0.05) is 10.6 Å². The summed E-state index contributed by atoms with van der Waals surface area (Å²) in [4.78, 5) is 24.7. The average molecular weight is 315 g/mol. The summed E-state index contributed by atoms with van der Waals surface area (Å²) in [5.74, 6) is -0.582. The van der Waals surface area contributed by atoms with Crippen molar-refractivity contribution >= 4 is 29.3 Å². The standard InChI is InChI=1S/C17H17NO3S/c1-13(17(20)18-14-8-4-2-5-9-14)21-16(19)12-22-15-10-6-3-7-11-15/h2-11,13H,12H2,1H3,(H,18,20)/t13-/m0/s1. The van der Waals surface area contributed by atoms with Crippen LogP contribution in [0.1, 0.15) is 6.92 Å². The number of para-hydroxylation sites is 1. The molecule has 5 heteroatoms. The molecule has 2 aromatic rings. The van der Waals surface area contributed by atoms with E-state index in [1.807, 2.05) is 48.5 Å². The van der Waals surface area contributed by atoms with Crippen LogP contribution in [0.5, 0.6) is 0 Å². The minimum absolute atomic E-state index is 0.174. The first kappa shape index (κ1) is 16.1. The Labute approximate surface area is 133 Å². The molecular weight excluding hydrogens is 298 g/mol. The third kappa shape index (κ3) is 5.26. The number of carbonyl (C=O) groups is 2. The summed E-state index contributed by atoms with van der Waals surface area (Å²) in [5, 5.41) is 2.70. The Morgan fingerprint density at radius 3 is 2.27 bits per heavy atom. The lowest BCUT2D eigenvalue weighted by atomic mass is 10.3. The second-order valence-corrected chi connectivity index (χ2v) is 5.64. The molecule has 1 amide bonds. The zero-order valence-corrected chi connectivity index (χ0v) is 13.0. The van der Waals surface area contributed by atoms with E-state index in [0.29, 0.717) is 5.69 Å². The van der Waals surface area contributed by atoms with E-state index >= 15 is 0 Å². The molecule has 0 aliphatic carbocycles. The van der Waals surface area contributed by atoms with Crippen LogP contribution in [-0.2, 0) is 14.3 Å². The summed E-state index contributed by atoms with van der Waals surface area (Å²) < 4.78 is 5.13. The molecule has 0 aromatic heterocycles. The quantitative estimate of drug-likeness (QED) is 0.656. The lowest BCUT2D eigenvalue weighted by molar-refractivity contribution is -0.150. The van der Waals surface area contributed by atoms with Crippen LogP contribution in [0, 0.1) is 0 Å². The molecule has 0 saturated heterocycles. The molecule has 0 aliphatic rings. The second-order valence-electron chi connectivity index (χ2n) is 4.59. The molecular formula is C17H17NO3S. The Balaban J connectivity index is 1.77. The smallest absolute Gasteiger partial charge is 0.317 e. The number of carbonyl (C=O) groups excluding carboxylic acids is 2. The minimum atomic E-state index is -0.830. The number of anilines is 1. The number of ether oxygens (including phenoxy) is 1. The van der Waals surface area contributed by atoms with E-state index in [0.717, 1.165) is 4.90 Å². The predicted molar refractivity (Wildman–Crippen MR) is 87.8 cm³/mol. The molecule has 1 atom stereocenters. The van der Waals surface area contributed by atoms with Crippen molar-refractivity contribution in [3.8, 4) is 0 Å². The zero-order valence-electron chi connectivity index (χ0n) is 12.2. The monoisotopic (exact) mass is 315 g/mol. The lowest BCUT2D eigenvalue weighted by Crippen LogP contribution is -2.30. The van der Waals surface area contributed by atoms with E-state index in [-0.39, 0.29) is 11.7 Å². The van der Waals surface area contributed by atoms with Gasteiger partial charge < -0.3 is 10.1 Å². The highest BCUT2D eigenvalue weighted by molar-refractivity contribution is 8.00. The molecule has 22 heavy (non-hydrogen) atoms. The van der Waals surface area contributed by atoms with Crippen molar-refractivity contribution in [2.75, 3.05) is 11.1 Å². The fourth-order valence-electron chi connectivity index (χ4n) is 1.71. The van der Waals surface area contributed by atoms with Gasteiger partial charge >= 0.3 is 5.97 Å². The summed E-state index contributed by atoms with van der Waals surface area (Å²) in [7, 11) is 0. The van der Waals surface area contributed by atoms with E-state index in [9.17, 15) is 9.59 Å². The van der Waals surface area contributed by atoms with Crippen molar-refractivity contribution in [3.63, 3.8) is 0 Å². The van der Waals surface area contributed by atoms with Gasteiger partial charge in [0.25, 0.3) is 5.91 Å². The summed E-state index contributed by atoms with van der Waals surface area (Å²) in [6, 6.07) is 18.6. The van der Waals surface area contributed by atoms with Crippen molar-refractivity contribution in [1.82, 2.24) is 0 Å². The van der Waals surface area contributed by atoms with Gasteiger partial charge in [-0.05, 0) is 31.2 Å². The number of hydrogen-bond donors (Lipinski definition) is 1. The SMILES string of the molecule is C[C@H](OC(=O)CSc1ccccc1)C(=O)Nc1ccccc1. The molecule has 0 fully saturated rings. The predicted octanol–water partition coefficient (Wildman–Crippen LogP) is 3.35. The second kappa shape index (κ2) is 8.24. The fraction of sp³-hybridized carbons (Fsp3) is 0.176. The van der Waals surface area contributed by atoms with Crippen LogP contribution in [0.15, 0.2) is 65.6 Å². The van der Waals surface area contributed by atoms with Gasteiger partial charge in [-0.1, -0.05) is 36.4 Å². The van der Waals surface area contributed by atoms with Crippen molar-refractivity contribution in [3.05, 3.63) is 60.7 Å². The average Bonchev–Trinajstić information content (AvgIpc) is 2.55. The summed E-state index contributed by atoms with van der Waals surface area (Å²) >= 11 is 1.38. The van der Waals surface area contributed by atoms with Gasteiger partial charge in [0.15, 0.2) is 6.10 Å². The Morgan fingerprint density at radius 1 is 1.05 bits per heavy atom. The summed E-state index contributed by atoms with van der Waals surface area (Å²) in [6.07, 6.45) is -0.830. The topological polar surface area (TPSA) is 55.4 Å². The highest BCUT2D eigenvalue weighted by atomic mass is 32.2. The number of rotatable bonds is 6. The van der Waals surface area contributed by atoms with Crippen molar-refractivity contribution in [2.24, 2.45) is 0 Å². The third-order valence-electron chi connectivity index (χ3n) is 2.82. The Bertz CT molecular complexity index is 616. The summed E-state index contributed by atoms with van der Waals surface area (Å²) in [5.41, 5.74) is 0.675. The fourth-order valence-corrected chi connectivity index (χ4v) is 2.41. The molecule has 0 spiro atoms. The van der Waals surface area contributed by atoms with Crippen molar-refractivity contribution in [2.45, 2.75) is 17.9 Å². The normalized spacial score (nSPS) is 11.5. The first-order valence-corrected chi connectivity index (χ1v) is 7.87. The molecule has 0 saturated carbocycles. The number of esters is 1. The first-order chi connectivity index (χ1) is 10.6. The number of hydrogen-bond acceptors (Lipinski definition) is 4. The molecule has 0 aliphatic heterocycles. The highest BCUT2D eigenvalue weighted by Crippen LogP contribution is 2.17. The van der Waals surface area contributed by atoms with Gasteiger partial charge in [0.1, 0.15) is 0 Å². The molecule has 0 unspecified atom stereocenters. The highest BCUT2D eigenvalue weighted by Gasteiger charge is 2.17. The van der Waals surface area contributed by atoms with Crippen LogP contribution >= 0.6 is 11.8 Å². The van der Waals surface area contributed by atoms with Gasteiger partial charge in [0.05, 0.1) is 5.75 Å². The van der Waals surface area contributed by atoms with Crippen LogP contribution < -0.4 is 5.32 Å². The molecule has 2 rings (SSSR count). The molecule has 0 bridgehead atoms. The Morgan fingerprint density at radius 2 is 1.64 bits per heavy atom. The number of benzene rings is 2. The van der Waals surface area contributed by atoms with Crippen LogP contribution in [0.3, 0.4) is 0 Å². The maximum Gasteiger partial charge on any atom is 0.317 e. The molecule has 0 heterocycles. The molecule has 0 radical (unpaired) electrons. The van der Waals surface area contributed by atoms with Crippen LogP contribution in [0.2, 0.25) is 0 Å². The number of nitrogens with one attached hydrogen (secondary N) is 1. The Kier molecular flexibility index (Phi) is 6.03. The number of thioether (sulfide) groups is 1. The van der Waals surface area contributed by atoms with Crippen LogP contribution in [-0.4, -0.2) is 23.7 Å². The molecule has 114 valence electrons. The molecule has 1 N–H and O–H groups in total. The minimum Gasteiger partial charge on any atom is -0.452 e. The van der Waals surface area contributed by atoms with Gasteiger partial charge in [-0.25, -0.2) is 0 Å². The van der Waals surface area contributed by atoms with Gasteiger partial charge in [-0.3, -0.25) is 9.59 Å². The maximum atomic E-state index is 11.9. The molecule has 2 aromatic carbocycles. The first-order valence-electron chi connectivity index (χ1n) is 6.88. The van der Waals surface area contributed by atoms with E-state index in [1.165, 1.54) is 11.8 Å². The largest absolute Gasteiger partial charge is 0.452 e. The number of amides is 1. The van der Waals surface area contributed by atoms with E-state index in [4.69, 9.17) is 4.74 Å². The van der Waals surface area contributed by atoms with Gasteiger partial charge in [-0.15, -0.1) is 11.8 Å². The Hall–Kier alpha value is -2.27. The molecule has 4 nitrogen and oxygen atoms in total.